The fourth-order valence-electron chi connectivity index (χ4n) is 4.08. The van der Waals surface area contributed by atoms with E-state index in [9.17, 15) is 9.59 Å². The maximum absolute atomic E-state index is 12.6. The number of aromatic nitrogens is 3. The van der Waals surface area contributed by atoms with Gasteiger partial charge in [0.2, 0.25) is 0 Å². The fraction of sp³-hybridized carbons (Fsp3) is 0.185. The van der Waals surface area contributed by atoms with E-state index in [0.29, 0.717) is 54.0 Å². The SMILES string of the molecule is O=C(O)C1CCN(c2ccc(NC(=O)n3ccc(Nc4ccc(Oc5ccc(Cl)cc5)cc4)n3)cn2)CC1. The van der Waals surface area contributed by atoms with Gasteiger partial charge in [-0.2, -0.15) is 4.68 Å². The third-order valence-corrected chi connectivity index (χ3v) is 6.39. The summed E-state index contributed by atoms with van der Waals surface area (Å²) in [7, 11) is 0. The number of carbonyl (C=O) groups excluding carboxylic acids is 1. The minimum Gasteiger partial charge on any atom is -0.481 e. The molecule has 10 nitrogen and oxygen atoms in total. The van der Waals surface area contributed by atoms with Crippen molar-refractivity contribution in [3.63, 3.8) is 0 Å². The van der Waals surface area contributed by atoms with Crippen molar-refractivity contribution in [1.82, 2.24) is 14.8 Å². The lowest BCUT2D eigenvalue weighted by molar-refractivity contribution is -0.142. The molecule has 0 bridgehead atoms. The first-order valence-corrected chi connectivity index (χ1v) is 12.4. The number of carboxylic acid groups (broad SMARTS) is 1. The van der Waals surface area contributed by atoms with Crippen LogP contribution in [0.3, 0.4) is 0 Å². The Morgan fingerprint density at radius 1 is 0.921 bits per heavy atom. The molecule has 1 aliphatic heterocycles. The molecule has 1 amide bonds. The van der Waals surface area contributed by atoms with Crippen LogP contribution < -0.4 is 20.3 Å². The van der Waals surface area contributed by atoms with Crippen LogP contribution in [-0.4, -0.2) is 45.0 Å². The molecule has 194 valence electrons. The minimum atomic E-state index is -0.745. The van der Waals surface area contributed by atoms with E-state index >= 15 is 0 Å². The Bertz CT molecular complexity index is 1400. The highest BCUT2D eigenvalue weighted by molar-refractivity contribution is 6.30. The Morgan fingerprint density at radius 2 is 1.58 bits per heavy atom. The average molecular weight is 533 g/mol. The van der Waals surface area contributed by atoms with E-state index in [4.69, 9.17) is 21.4 Å². The molecule has 3 N–H and O–H groups in total. The average Bonchev–Trinajstić information content (AvgIpc) is 3.40. The number of carbonyl (C=O) groups is 2. The quantitative estimate of drug-likeness (QED) is 0.271. The number of hydrogen-bond acceptors (Lipinski definition) is 7. The standard InChI is InChI=1S/C27H25ClN6O4/c28-19-1-6-22(7-2-19)38-23-8-3-20(4-9-23)30-24-13-16-34(32-24)27(37)31-21-5-10-25(29-17-21)33-14-11-18(12-15-33)26(35)36/h1-10,13,16-18H,11-12,14-15H2,(H,30,32)(H,31,37)(H,35,36). The molecule has 3 heterocycles. The van der Waals surface area contributed by atoms with Gasteiger partial charge in [0.1, 0.15) is 17.3 Å². The summed E-state index contributed by atoms with van der Waals surface area (Å²) in [6, 6.07) is 19.3. The second-order valence-electron chi connectivity index (χ2n) is 8.79. The number of pyridine rings is 1. The molecular weight excluding hydrogens is 508 g/mol. The summed E-state index contributed by atoms with van der Waals surface area (Å²) in [5.74, 6) is 1.57. The molecular formula is C27H25ClN6O4. The number of nitrogens with one attached hydrogen (secondary N) is 2. The molecule has 38 heavy (non-hydrogen) atoms. The number of halogens is 1. The predicted molar refractivity (Wildman–Crippen MR) is 145 cm³/mol. The third-order valence-electron chi connectivity index (χ3n) is 6.14. The number of benzene rings is 2. The highest BCUT2D eigenvalue weighted by atomic mass is 35.5. The van der Waals surface area contributed by atoms with Crippen molar-refractivity contribution in [2.75, 3.05) is 28.6 Å². The first-order chi connectivity index (χ1) is 18.4. The van der Waals surface area contributed by atoms with Crippen LogP contribution in [0.1, 0.15) is 12.8 Å². The molecule has 0 spiro atoms. The second kappa shape index (κ2) is 11.2. The Labute approximate surface area is 223 Å². The maximum Gasteiger partial charge on any atom is 0.346 e. The number of hydrogen-bond donors (Lipinski definition) is 3. The van der Waals surface area contributed by atoms with Crippen LogP contribution in [0.4, 0.5) is 27.8 Å². The molecule has 0 aliphatic carbocycles. The highest BCUT2D eigenvalue weighted by Crippen LogP contribution is 2.26. The summed E-state index contributed by atoms with van der Waals surface area (Å²) in [6.07, 6.45) is 4.32. The smallest absolute Gasteiger partial charge is 0.346 e. The van der Waals surface area contributed by atoms with Crippen molar-refractivity contribution < 1.29 is 19.4 Å². The molecule has 0 radical (unpaired) electrons. The van der Waals surface area contributed by atoms with Gasteiger partial charge in [0.15, 0.2) is 5.82 Å². The number of aliphatic carboxylic acids is 1. The van der Waals surface area contributed by atoms with Crippen LogP contribution in [0.5, 0.6) is 11.5 Å². The Kier molecular flexibility index (Phi) is 7.41. The van der Waals surface area contributed by atoms with E-state index in [1.54, 1.807) is 48.8 Å². The number of ether oxygens (including phenoxy) is 1. The van der Waals surface area contributed by atoms with E-state index in [1.165, 1.54) is 4.68 Å². The molecule has 0 atom stereocenters. The van der Waals surface area contributed by atoms with Gasteiger partial charge in [-0.05, 0) is 73.5 Å². The van der Waals surface area contributed by atoms with Crippen LogP contribution in [-0.2, 0) is 4.79 Å². The largest absolute Gasteiger partial charge is 0.481 e. The number of anilines is 4. The molecule has 4 aromatic rings. The van der Waals surface area contributed by atoms with Crippen LogP contribution >= 0.6 is 11.6 Å². The molecule has 1 fully saturated rings. The van der Waals surface area contributed by atoms with Gasteiger partial charge in [-0.15, -0.1) is 5.10 Å². The third kappa shape index (κ3) is 6.22. The zero-order valence-electron chi connectivity index (χ0n) is 20.3. The van der Waals surface area contributed by atoms with Gasteiger partial charge in [0, 0.05) is 36.1 Å². The fourth-order valence-corrected chi connectivity index (χ4v) is 4.21. The molecule has 0 unspecified atom stereocenters. The zero-order chi connectivity index (χ0) is 26.5. The lowest BCUT2D eigenvalue weighted by atomic mass is 9.97. The number of carboxylic acids is 1. The zero-order valence-corrected chi connectivity index (χ0v) is 21.0. The number of amides is 1. The first kappa shape index (κ1) is 25.1. The van der Waals surface area contributed by atoms with Crippen molar-refractivity contribution in [3.8, 4) is 11.5 Å². The topological polar surface area (TPSA) is 122 Å². The molecule has 0 saturated carbocycles. The molecule has 2 aromatic carbocycles. The summed E-state index contributed by atoms with van der Waals surface area (Å²) in [6.45, 7) is 1.27. The van der Waals surface area contributed by atoms with E-state index in [1.807, 2.05) is 35.2 Å². The lowest BCUT2D eigenvalue weighted by Crippen LogP contribution is -2.36. The van der Waals surface area contributed by atoms with E-state index in [0.717, 1.165) is 11.5 Å². The van der Waals surface area contributed by atoms with Gasteiger partial charge in [-0.3, -0.25) is 4.79 Å². The Hall–Kier alpha value is -4.57. The van der Waals surface area contributed by atoms with E-state index in [-0.39, 0.29) is 5.92 Å². The monoisotopic (exact) mass is 532 g/mol. The summed E-state index contributed by atoms with van der Waals surface area (Å²) in [4.78, 5) is 30.3. The molecule has 1 saturated heterocycles. The van der Waals surface area contributed by atoms with Gasteiger partial charge >= 0.3 is 12.0 Å². The molecule has 2 aromatic heterocycles. The molecule has 1 aliphatic rings. The first-order valence-electron chi connectivity index (χ1n) is 12.0. The summed E-state index contributed by atoms with van der Waals surface area (Å²) >= 11 is 5.90. The number of piperidine rings is 1. The van der Waals surface area contributed by atoms with Gasteiger partial charge in [-0.1, -0.05) is 11.6 Å². The normalized spacial score (nSPS) is 13.7. The van der Waals surface area contributed by atoms with Crippen LogP contribution in [0, 0.1) is 5.92 Å². The van der Waals surface area contributed by atoms with Crippen LogP contribution in [0.2, 0.25) is 5.02 Å². The van der Waals surface area contributed by atoms with Crippen molar-refractivity contribution >= 4 is 46.6 Å². The molecule has 11 heteroatoms. The van der Waals surface area contributed by atoms with Crippen molar-refractivity contribution in [1.29, 1.82) is 0 Å². The van der Waals surface area contributed by atoms with Gasteiger partial charge in [0.25, 0.3) is 0 Å². The number of rotatable bonds is 7. The summed E-state index contributed by atoms with van der Waals surface area (Å²) in [5.41, 5.74) is 1.31. The van der Waals surface area contributed by atoms with Gasteiger partial charge in [0.05, 0.1) is 17.8 Å². The summed E-state index contributed by atoms with van der Waals surface area (Å²) < 4.78 is 7.00. The van der Waals surface area contributed by atoms with Gasteiger partial charge < -0.3 is 25.4 Å². The van der Waals surface area contributed by atoms with E-state index in [2.05, 4.69) is 20.7 Å². The van der Waals surface area contributed by atoms with Crippen molar-refractivity contribution in [2.45, 2.75) is 12.8 Å². The number of nitrogens with zero attached hydrogens (tertiary/aromatic N) is 4. The van der Waals surface area contributed by atoms with Crippen LogP contribution in [0.15, 0.2) is 79.1 Å². The van der Waals surface area contributed by atoms with E-state index < -0.39 is 12.0 Å². The minimum absolute atomic E-state index is 0.299. The Balaban J connectivity index is 1.13. The lowest BCUT2D eigenvalue weighted by Gasteiger charge is -2.31. The maximum atomic E-state index is 12.6. The highest BCUT2D eigenvalue weighted by Gasteiger charge is 2.25. The Morgan fingerprint density at radius 3 is 2.21 bits per heavy atom. The molecule has 5 rings (SSSR count). The van der Waals surface area contributed by atoms with Crippen molar-refractivity contribution in [2.24, 2.45) is 5.92 Å². The van der Waals surface area contributed by atoms with Crippen molar-refractivity contribution in [3.05, 3.63) is 84.1 Å². The predicted octanol–water partition coefficient (Wildman–Crippen LogP) is 5.85. The van der Waals surface area contributed by atoms with Gasteiger partial charge in [-0.25, -0.2) is 9.78 Å². The second-order valence-corrected chi connectivity index (χ2v) is 9.22. The summed E-state index contributed by atoms with van der Waals surface area (Å²) in [5, 5.41) is 20.0. The van der Waals surface area contributed by atoms with Crippen LogP contribution in [0.25, 0.3) is 0 Å².